The van der Waals surface area contributed by atoms with E-state index in [1.54, 1.807) is 6.33 Å². The molecule has 142 valence electrons. The summed E-state index contributed by atoms with van der Waals surface area (Å²) in [5.41, 5.74) is 5.27. The Morgan fingerprint density at radius 3 is 2.61 bits per heavy atom. The molecule has 0 spiro atoms. The Morgan fingerprint density at radius 2 is 1.89 bits per heavy atom. The zero-order valence-corrected chi connectivity index (χ0v) is 16.1. The summed E-state index contributed by atoms with van der Waals surface area (Å²) in [4.78, 5) is 9.11. The van der Waals surface area contributed by atoms with Crippen LogP contribution in [0.15, 0.2) is 67.1 Å². The Hall–Kier alpha value is -3.18. The number of aliphatic hydroxyl groups excluding tert-OH is 1. The van der Waals surface area contributed by atoms with Gasteiger partial charge in [-0.3, -0.25) is 0 Å². The van der Waals surface area contributed by atoms with Gasteiger partial charge in [0.1, 0.15) is 12.1 Å². The van der Waals surface area contributed by atoms with Gasteiger partial charge < -0.3 is 15.0 Å². The van der Waals surface area contributed by atoms with Gasteiger partial charge in [0.25, 0.3) is 0 Å². The van der Waals surface area contributed by atoms with Gasteiger partial charge in [-0.15, -0.1) is 0 Å². The fourth-order valence-electron chi connectivity index (χ4n) is 3.45. The molecule has 0 aliphatic rings. The second-order valence-corrected chi connectivity index (χ2v) is 6.97. The van der Waals surface area contributed by atoms with Crippen molar-refractivity contribution in [3.05, 3.63) is 72.7 Å². The molecule has 4 rings (SSSR count). The molecule has 0 fully saturated rings. The van der Waals surface area contributed by atoms with Crippen LogP contribution in [-0.4, -0.2) is 32.3 Å². The third-order valence-electron chi connectivity index (χ3n) is 5.00. The molecule has 0 radical (unpaired) electrons. The summed E-state index contributed by atoms with van der Waals surface area (Å²) < 4.78 is 2.11. The molecule has 2 aromatic carbocycles. The van der Waals surface area contributed by atoms with Crippen molar-refractivity contribution in [3.8, 4) is 16.8 Å². The first-order valence-electron chi connectivity index (χ1n) is 9.57. The predicted octanol–water partition coefficient (Wildman–Crippen LogP) is 4.58. The number of rotatable bonds is 6. The van der Waals surface area contributed by atoms with Gasteiger partial charge in [0.15, 0.2) is 5.65 Å². The van der Waals surface area contributed by atoms with E-state index in [4.69, 9.17) is 0 Å². The van der Waals surface area contributed by atoms with Crippen LogP contribution in [0.2, 0.25) is 0 Å². The van der Waals surface area contributed by atoms with Crippen molar-refractivity contribution >= 4 is 16.9 Å². The topological polar surface area (TPSA) is 63.0 Å². The van der Waals surface area contributed by atoms with E-state index in [0.29, 0.717) is 0 Å². The van der Waals surface area contributed by atoms with Gasteiger partial charge in [-0.1, -0.05) is 49.4 Å². The number of fused-ring (bicyclic) bond motifs is 1. The smallest absolute Gasteiger partial charge is 0.150 e. The molecule has 0 amide bonds. The van der Waals surface area contributed by atoms with Crippen molar-refractivity contribution in [1.82, 2.24) is 14.5 Å². The van der Waals surface area contributed by atoms with E-state index in [2.05, 4.69) is 69.4 Å². The van der Waals surface area contributed by atoms with Crippen LogP contribution in [0.4, 0.5) is 5.82 Å². The van der Waals surface area contributed by atoms with Crippen molar-refractivity contribution in [2.24, 2.45) is 0 Å². The maximum atomic E-state index is 9.65. The van der Waals surface area contributed by atoms with E-state index in [1.807, 2.05) is 25.1 Å². The number of hydrogen-bond donors (Lipinski definition) is 2. The molecule has 2 N–H and O–H groups in total. The second kappa shape index (κ2) is 7.82. The van der Waals surface area contributed by atoms with E-state index in [1.165, 1.54) is 5.56 Å². The van der Waals surface area contributed by atoms with Crippen molar-refractivity contribution in [1.29, 1.82) is 0 Å². The van der Waals surface area contributed by atoms with Crippen LogP contribution in [0, 0.1) is 6.92 Å². The molecule has 4 aromatic rings. The Morgan fingerprint density at radius 1 is 1.07 bits per heavy atom. The Bertz CT molecular complexity index is 1080. The number of aliphatic hydroxyl groups is 1. The van der Waals surface area contributed by atoms with Gasteiger partial charge in [-0.05, 0) is 36.6 Å². The largest absolute Gasteiger partial charge is 0.394 e. The predicted molar refractivity (Wildman–Crippen MR) is 114 cm³/mol. The fourth-order valence-corrected chi connectivity index (χ4v) is 3.45. The van der Waals surface area contributed by atoms with E-state index in [9.17, 15) is 5.11 Å². The molecule has 0 saturated heterocycles. The minimum absolute atomic E-state index is 0.0518. The molecular formula is C23H24N4O. The summed E-state index contributed by atoms with van der Waals surface area (Å²) in [6.45, 7) is 4.19. The summed E-state index contributed by atoms with van der Waals surface area (Å²) in [6.07, 6.45) is 4.51. The quantitative estimate of drug-likeness (QED) is 0.520. The van der Waals surface area contributed by atoms with Crippen LogP contribution < -0.4 is 5.32 Å². The molecule has 0 aliphatic heterocycles. The first-order valence-corrected chi connectivity index (χ1v) is 9.57. The number of aromatic nitrogens is 3. The lowest BCUT2D eigenvalue weighted by Crippen LogP contribution is -2.23. The number of nitrogens with zero attached hydrogens (tertiary/aromatic N) is 3. The average Bonchev–Trinajstić information content (AvgIpc) is 3.13. The molecule has 0 saturated carbocycles. The summed E-state index contributed by atoms with van der Waals surface area (Å²) in [5.74, 6) is 0.746. The van der Waals surface area contributed by atoms with Crippen LogP contribution in [0.1, 0.15) is 18.9 Å². The van der Waals surface area contributed by atoms with Gasteiger partial charge >= 0.3 is 0 Å². The maximum Gasteiger partial charge on any atom is 0.150 e. The molecule has 2 heterocycles. The Balaban J connectivity index is 1.98. The molecule has 2 aromatic heterocycles. The first-order chi connectivity index (χ1) is 13.7. The molecule has 5 nitrogen and oxygen atoms in total. The molecule has 28 heavy (non-hydrogen) atoms. The monoisotopic (exact) mass is 372 g/mol. The van der Waals surface area contributed by atoms with Crippen LogP contribution in [0.3, 0.4) is 0 Å². The minimum Gasteiger partial charge on any atom is -0.394 e. The molecule has 1 unspecified atom stereocenters. The summed E-state index contributed by atoms with van der Waals surface area (Å²) in [5, 5.41) is 14.0. The SMILES string of the molecule is CCC(CO)Nc1ncnc2c1c(-c1ccccc1)cn2-c1cccc(C)c1. The zero-order valence-electron chi connectivity index (χ0n) is 16.1. The highest BCUT2D eigenvalue weighted by molar-refractivity contribution is 6.02. The average molecular weight is 372 g/mol. The van der Waals surface area contributed by atoms with E-state index in [0.717, 1.165) is 40.1 Å². The van der Waals surface area contributed by atoms with Gasteiger partial charge in [-0.25, -0.2) is 9.97 Å². The van der Waals surface area contributed by atoms with Gasteiger partial charge in [0.05, 0.1) is 18.0 Å². The van der Waals surface area contributed by atoms with Crippen molar-refractivity contribution in [2.45, 2.75) is 26.3 Å². The van der Waals surface area contributed by atoms with Crippen molar-refractivity contribution in [2.75, 3.05) is 11.9 Å². The lowest BCUT2D eigenvalue weighted by molar-refractivity contribution is 0.271. The van der Waals surface area contributed by atoms with Gasteiger partial charge in [0.2, 0.25) is 0 Å². The molecule has 0 bridgehead atoms. The normalized spacial score (nSPS) is 12.2. The van der Waals surface area contributed by atoms with Gasteiger partial charge in [-0.2, -0.15) is 0 Å². The van der Waals surface area contributed by atoms with E-state index in [-0.39, 0.29) is 12.6 Å². The summed E-state index contributed by atoms with van der Waals surface area (Å²) in [7, 11) is 0. The third kappa shape index (κ3) is 3.37. The molecular weight excluding hydrogens is 348 g/mol. The lowest BCUT2D eigenvalue weighted by Gasteiger charge is -2.16. The summed E-state index contributed by atoms with van der Waals surface area (Å²) in [6, 6.07) is 18.6. The van der Waals surface area contributed by atoms with E-state index >= 15 is 0 Å². The van der Waals surface area contributed by atoms with Crippen LogP contribution in [-0.2, 0) is 0 Å². The molecule has 5 heteroatoms. The van der Waals surface area contributed by atoms with Crippen molar-refractivity contribution < 1.29 is 5.11 Å². The lowest BCUT2D eigenvalue weighted by atomic mass is 10.1. The molecule has 1 atom stereocenters. The number of aryl methyl sites for hydroxylation is 1. The van der Waals surface area contributed by atoms with Crippen molar-refractivity contribution in [3.63, 3.8) is 0 Å². The highest BCUT2D eigenvalue weighted by Gasteiger charge is 2.18. The third-order valence-corrected chi connectivity index (χ3v) is 5.00. The standard InChI is InChI=1S/C23H24N4O/c1-3-18(14-28)26-22-21-20(17-9-5-4-6-10-17)13-27(23(21)25-15-24-22)19-11-7-8-16(2)12-19/h4-13,15,18,28H,3,14H2,1-2H3,(H,24,25,26). The number of hydrogen-bond acceptors (Lipinski definition) is 4. The van der Waals surface area contributed by atoms with Crippen LogP contribution in [0.5, 0.6) is 0 Å². The number of benzene rings is 2. The number of nitrogens with one attached hydrogen (secondary N) is 1. The Labute approximate surface area is 164 Å². The zero-order chi connectivity index (χ0) is 19.5. The van der Waals surface area contributed by atoms with E-state index < -0.39 is 0 Å². The maximum absolute atomic E-state index is 9.65. The second-order valence-electron chi connectivity index (χ2n) is 6.97. The minimum atomic E-state index is -0.0518. The highest BCUT2D eigenvalue weighted by Crippen LogP contribution is 2.35. The highest BCUT2D eigenvalue weighted by atomic mass is 16.3. The van der Waals surface area contributed by atoms with Gasteiger partial charge in [0, 0.05) is 17.4 Å². The summed E-state index contributed by atoms with van der Waals surface area (Å²) >= 11 is 0. The Kier molecular flexibility index (Phi) is 5.08. The van der Waals surface area contributed by atoms with Crippen LogP contribution in [0.25, 0.3) is 27.8 Å². The number of anilines is 1. The first kappa shape index (κ1) is 18.2. The van der Waals surface area contributed by atoms with Crippen LogP contribution >= 0.6 is 0 Å². The fraction of sp³-hybridized carbons (Fsp3) is 0.217. The molecule has 0 aliphatic carbocycles.